The molecule has 0 atom stereocenters. The van der Waals surface area contributed by atoms with Crippen molar-refractivity contribution in [2.24, 2.45) is 10.9 Å². The fourth-order valence-electron chi connectivity index (χ4n) is 1.79. The second-order valence-corrected chi connectivity index (χ2v) is 5.55. The quantitative estimate of drug-likeness (QED) is 0.403. The maximum atomic E-state index is 11.5. The van der Waals surface area contributed by atoms with Gasteiger partial charge in [-0.15, -0.1) is 0 Å². The van der Waals surface area contributed by atoms with E-state index in [4.69, 9.17) is 9.47 Å². The summed E-state index contributed by atoms with van der Waals surface area (Å²) in [6.07, 6.45) is 5.61. The summed E-state index contributed by atoms with van der Waals surface area (Å²) >= 11 is 0. The molecule has 0 heterocycles. The highest BCUT2D eigenvalue weighted by atomic mass is 16.5. The zero-order chi connectivity index (χ0) is 15.8. The second-order valence-electron chi connectivity index (χ2n) is 5.55. The average molecular weight is 294 g/mol. The third kappa shape index (κ3) is 6.12. The van der Waals surface area contributed by atoms with Crippen LogP contribution >= 0.6 is 0 Å². The summed E-state index contributed by atoms with van der Waals surface area (Å²) in [5.41, 5.74) is 0. The second kappa shape index (κ2) is 8.62. The molecule has 1 N–H and O–H groups in total. The Bertz CT molecular complexity index is 421. The zero-order valence-corrected chi connectivity index (χ0v) is 13.4. The van der Waals surface area contributed by atoms with E-state index in [1.165, 1.54) is 0 Å². The summed E-state index contributed by atoms with van der Waals surface area (Å²) < 4.78 is 11.1. The van der Waals surface area contributed by atoms with Crippen LogP contribution in [0.1, 0.15) is 33.6 Å². The lowest BCUT2D eigenvalue weighted by Gasteiger charge is -2.34. The normalized spacial score (nSPS) is 22.7. The Balaban J connectivity index is 2.41. The highest BCUT2D eigenvalue weighted by Crippen LogP contribution is 2.25. The van der Waals surface area contributed by atoms with Crippen molar-refractivity contribution in [3.63, 3.8) is 0 Å². The number of ether oxygens (including phenoxy) is 2. The topological polar surface area (TPSA) is 59.9 Å². The number of carbonyl (C=O) groups excluding carboxylic acids is 1. The van der Waals surface area contributed by atoms with E-state index >= 15 is 0 Å². The molecule has 1 rings (SSSR count). The van der Waals surface area contributed by atoms with Crippen molar-refractivity contribution in [2.45, 2.75) is 45.8 Å². The smallest absolute Gasteiger partial charge is 0.212 e. The van der Waals surface area contributed by atoms with Crippen LogP contribution in [-0.2, 0) is 14.3 Å². The SMILES string of the molecule is C=N/C(=C\C=C(/C)OCC(=O)C(C)C)OC1CC(NC)C1. The predicted molar refractivity (Wildman–Crippen MR) is 84.1 cm³/mol. The molecule has 0 aromatic heterocycles. The van der Waals surface area contributed by atoms with E-state index in [0.29, 0.717) is 17.7 Å². The van der Waals surface area contributed by atoms with Gasteiger partial charge in [-0.3, -0.25) is 4.79 Å². The summed E-state index contributed by atoms with van der Waals surface area (Å²) in [5.74, 6) is 1.20. The van der Waals surface area contributed by atoms with Crippen LogP contribution in [0.4, 0.5) is 0 Å². The van der Waals surface area contributed by atoms with Gasteiger partial charge in [-0.2, -0.15) is 0 Å². The third-order valence-corrected chi connectivity index (χ3v) is 3.49. The highest BCUT2D eigenvalue weighted by Gasteiger charge is 2.29. The molecule has 1 aliphatic carbocycles. The molecular weight excluding hydrogens is 268 g/mol. The Morgan fingerprint density at radius 2 is 2.10 bits per heavy atom. The molecule has 21 heavy (non-hydrogen) atoms. The van der Waals surface area contributed by atoms with E-state index in [-0.39, 0.29) is 24.4 Å². The molecule has 1 saturated carbocycles. The molecule has 1 fully saturated rings. The van der Waals surface area contributed by atoms with Crippen LogP contribution in [0.25, 0.3) is 0 Å². The molecule has 0 aromatic rings. The molecule has 0 saturated heterocycles. The van der Waals surface area contributed by atoms with Crippen molar-refractivity contribution in [3.05, 3.63) is 23.8 Å². The molecule has 0 radical (unpaired) electrons. The van der Waals surface area contributed by atoms with E-state index in [2.05, 4.69) is 17.0 Å². The Hall–Kier alpha value is -1.62. The first kappa shape index (κ1) is 17.4. The summed E-state index contributed by atoms with van der Waals surface area (Å²) in [5, 5.41) is 3.20. The van der Waals surface area contributed by atoms with Crippen LogP contribution in [0.2, 0.25) is 0 Å². The van der Waals surface area contributed by atoms with Crippen molar-refractivity contribution >= 4 is 12.5 Å². The largest absolute Gasteiger partial charge is 0.490 e. The van der Waals surface area contributed by atoms with E-state index in [9.17, 15) is 4.79 Å². The lowest BCUT2D eigenvalue weighted by molar-refractivity contribution is -0.125. The van der Waals surface area contributed by atoms with E-state index < -0.39 is 0 Å². The van der Waals surface area contributed by atoms with Gasteiger partial charge in [0.2, 0.25) is 5.88 Å². The number of aliphatic imine (C=N–C) groups is 1. The molecular formula is C16H26N2O3. The first-order valence-electron chi connectivity index (χ1n) is 7.31. The Morgan fingerprint density at radius 3 is 2.62 bits per heavy atom. The summed E-state index contributed by atoms with van der Waals surface area (Å²) in [6, 6.07) is 0.531. The molecule has 0 spiro atoms. The van der Waals surface area contributed by atoms with Gasteiger partial charge in [-0.25, -0.2) is 4.99 Å². The monoisotopic (exact) mass is 294 g/mol. The fraction of sp³-hybridized carbons (Fsp3) is 0.625. The number of ketones is 1. The van der Waals surface area contributed by atoms with Crippen molar-refractivity contribution in [2.75, 3.05) is 13.7 Å². The van der Waals surface area contributed by atoms with Gasteiger partial charge in [0.05, 0.1) is 5.76 Å². The van der Waals surface area contributed by atoms with Gasteiger partial charge >= 0.3 is 0 Å². The summed E-state index contributed by atoms with van der Waals surface area (Å²) in [6.45, 7) is 9.11. The lowest BCUT2D eigenvalue weighted by atomic mass is 9.89. The highest BCUT2D eigenvalue weighted by molar-refractivity contribution is 5.81. The number of rotatable bonds is 9. The van der Waals surface area contributed by atoms with Gasteiger partial charge in [0.1, 0.15) is 12.7 Å². The van der Waals surface area contributed by atoms with E-state index in [0.717, 1.165) is 12.8 Å². The molecule has 0 bridgehead atoms. The van der Waals surface area contributed by atoms with E-state index in [1.54, 1.807) is 19.1 Å². The van der Waals surface area contributed by atoms with Crippen LogP contribution in [-0.4, -0.2) is 38.3 Å². The molecule has 118 valence electrons. The van der Waals surface area contributed by atoms with Crippen molar-refractivity contribution in [1.82, 2.24) is 5.32 Å². The number of hydrogen-bond acceptors (Lipinski definition) is 5. The number of hydrogen-bond donors (Lipinski definition) is 1. The average Bonchev–Trinajstić information content (AvgIpc) is 2.42. The molecule has 0 aliphatic heterocycles. The van der Waals surface area contributed by atoms with Gasteiger partial charge < -0.3 is 14.8 Å². The molecule has 5 nitrogen and oxygen atoms in total. The number of Topliss-reactive ketones (excluding diaryl/α,β-unsaturated/α-hetero) is 1. The molecule has 0 aromatic carbocycles. The molecule has 5 heteroatoms. The predicted octanol–water partition coefficient (Wildman–Crippen LogP) is 2.44. The standard InChI is InChI=1S/C16H26N2O3/c1-11(2)15(19)10-20-12(3)6-7-16(18-5)21-14-8-13(9-14)17-4/h6-7,11,13-14,17H,5,8-10H2,1-4H3/b12-6+,16-7+. The van der Waals surface area contributed by atoms with Gasteiger partial charge in [-0.05, 0) is 39.6 Å². The van der Waals surface area contributed by atoms with Gasteiger partial charge in [0.15, 0.2) is 5.78 Å². The van der Waals surface area contributed by atoms with Crippen LogP contribution in [0.15, 0.2) is 28.8 Å². The number of nitrogens with zero attached hydrogens (tertiary/aromatic N) is 1. The minimum absolute atomic E-state index is 0.0131. The van der Waals surface area contributed by atoms with Crippen LogP contribution < -0.4 is 5.32 Å². The van der Waals surface area contributed by atoms with Crippen LogP contribution in [0.3, 0.4) is 0 Å². The third-order valence-electron chi connectivity index (χ3n) is 3.49. The first-order valence-corrected chi connectivity index (χ1v) is 7.31. The van der Waals surface area contributed by atoms with Gasteiger partial charge in [-0.1, -0.05) is 13.8 Å². The van der Waals surface area contributed by atoms with Gasteiger partial charge in [0, 0.05) is 18.0 Å². The number of nitrogens with one attached hydrogen (secondary N) is 1. The molecule has 0 unspecified atom stereocenters. The minimum atomic E-state index is -0.0131. The number of carbonyl (C=O) groups is 1. The van der Waals surface area contributed by atoms with Gasteiger partial charge in [0.25, 0.3) is 0 Å². The van der Waals surface area contributed by atoms with Crippen molar-refractivity contribution in [3.8, 4) is 0 Å². The summed E-state index contributed by atoms with van der Waals surface area (Å²) in [4.78, 5) is 15.3. The zero-order valence-electron chi connectivity index (χ0n) is 13.4. The molecule has 0 amide bonds. The van der Waals surface area contributed by atoms with Crippen LogP contribution in [0, 0.1) is 5.92 Å². The first-order chi connectivity index (χ1) is 9.96. The molecule has 1 aliphatic rings. The Labute approximate surface area is 127 Å². The van der Waals surface area contributed by atoms with Crippen molar-refractivity contribution in [1.29, 1.82) is 0 Å². The fourth-order valence-corrected chi connectivity index (χ4v) is 1.79. The Kier molecular flexibility index (Phi) is 7.15. The summed E-state index contributed by atoms with van der Waals surface area (Å²) in [7, 11) is 1.95. The van der Waals surface area contributed by atoms with Crippen molar-refractivity contribution < 1.29 is 14.3 Å². The van der Waals surface area contributed by atoms with E-state index in [1.807, 2.05) is 20.9 Å². The maximum Gasteiger partial charge on any atom is 0.212 e. The maximum absolute atomic E-state index is 11.5. The minimum Gasteiger partial charge on any atom is -0.490 e. The number of allylic oxidation sites excluding steroid dienone is 3. The Morgan fingerprint density at radius 1 is 1.43 bits per heavy atom. The lowest BCUT2D eigenvalue weighted by Crippen LogP contribution is -2.43. The van der Waals surface area contributed by atoms with Crippen LogP contribution in [0.5, 0.6) is 0 Å².